The van der Waals surface area contributed by atoms with Gasteiger partial charge in [0, 0.05) is 12.0 Å². The standard InChI is InChI=1S/C16H16N2O2/c1-11(19)10-12-6-8-13(9-7-12)16(20)18-15-5-3-2-4-14(15)17/h2-9H,10,17H2,1H3,(H,18,20). The second-order valence-electron chi connectivity index (χ2n) is 4.62. The van der Waals surface area contributed by atoms with Crippen molar-refractivity contribution >= 4 is 23.1 Å². The lowest BCUT2D eigenvalue weighted by molar-refractivity contribution is -0.116. The van der Waals surface area contributed by atoms with Gasteiger partial charge in [-0.2, -0.15) is 0 Å². The van der Waals surface area contributed by atoms with Gasteiger partial charge < -0.3 is 11.1 Å². The van der Waals surface area contributed by atoms with E-state index in [9.17, 15) is 9.59 Å². The lowest BCUT2D eigenvalue weighted by Crippen LogP contribution is -2.13. The molecule has 1 amide bonds. The SMILES string of the molecule is CC(=O)Cc1ccc(C(=O)Nc2ccccc2N)cc1. The first-order valence-electron chi connectivity index (χ1n) is 6.30. The molecule has 4 heteroatoms. The predicted octanol–water partition coefficient (Wildman–Crippen LogP) is 2.65. The number of para-hydroxylation sites is 2. The Labute approximate surface area is 117 Å². The molecule has 0 bridgehead atoms. The fraction of sp³-hybridized carbons (Fsp3) is 0.125. The third kappa shape index (κ3) is 3.45. The smallest absolute Gasteiger partial charge is 0.255 e. The lowest BCUT2D eigenvalue weighted by Gasteiger charge is -2.08. The molecule has 0 heterocycles. The Morgan fingerprint density at radius 3 is 2.30 bits per heavy atom. The third-order valence-corrected chi connectivity index (χ3v) is 2.88. The maximum Gasteiger partial charge on any atom is 0.255 e. The van der Waals surface area contributed by atoms with Gasteiger partial charge in [0.25, 0.3) is 5.91 Å². The fourth-order valence-corrected chi connectivity index (χ4v) is 1.87. The van der Waals surface area contributed by atoms with Gasteiger partial charge in [-0.3, -0.25) is 9.59 Å². The first kappa shape index (κ1) is 13.8. The van der Waals surface area contributed by atoms with Gasteiger partial charge in [0.1, 0.15) is 5.78 Å². The molecular weight excluding hydrogens is 252 g/mol. The summed E-state index contributed by atoms with van der Waals surface area (Å²) in [7, 11) is 0. The molecule has 0 saturated heterocycles. The van der Waals surface area contributed by atoms with Gasteiger partial charge >= 0.3 is 0 Å². The van der Waals surface area contributed by atoms with E-state index in [1.807, 2.05) is 12.1 Å². The van der Waals surface area contributed by atoms with Gasteiger partial charge in [-0.05, 0) is 36.8 Å². The van der Waals surface area contributed by atoms with E-state index in [4.69, 9.17) is 5.73 Å². The second-order valence-corrected chi connectivity index (χ2v) is 4.62. The van der Waals surface area contributed by atoms with E-state index >= 15 is 0 Å². The number of carbonyl (C=O) groups is 2. The molecule has 4 nitrogen and oxygen atoms in total. The number of anilines is 2. The monoisotopic (exact) mass is 268 g/mol. The van der Waals surface area contributed by atoms with Crippen molar-refractivity contribution in [2.45, 2.75) is 13.3 Å². The Hall–Kier alpha value is -2.62. The number of rotatable bonds is 4. The van der Waals surface area contributed by atoms with Crippen LogP contribution in [0.2, 0.25) is 0 Å². The summed E-state index contributed by atoms with van der Waals surface area (Å²) >= 11 is 0. The number of benzene rings is 2. The zero-order valence-electron chi connectivity index (χ0n) is 11.2. The van der Waals surface area contributed by atoms with E-state index in [0.717, 1.165) is 5.56 Å². The molecule has 20 heavy (non-hydrogen) atoms. The maximum atomic E-state index is 12.1. The molecular formula is C16H16N2O2. The summed E-state index contributed by atoms with van der Waals surface area (Å²) in [5.41, 5.74) is 8.31. The van der Waals surface area contributed by atoms with E-state index in [-0.39, 0.29) is 11.7 Å². The number of hydrogen-bond donors (Lipinski definition) is 2. The molecule has 0 aromatic heterocycles. The molecule has 0 saturated carbocycles. The molecule has 102 valence electrons. The molecule has 0 aliphatic carbocycles. The summed E-state index contributed by atoms with van der Waals surface area (Å²) in [6.45, 7) is 1.54. The van der Waals surface area contributed by atoms with Crippen molar-refractivity contribution in [3.8, 4) is 0 Å². The molecule has 3 N–H and O–H groups in total. The Bertz CT molecular complexity index is 633. The zero-order valence-corrected chi connectivity index (χ0v) is 11.2. The van der Waals surface area contributed by atoms with E-state index in [0.29, 0.717) is 23.4 Å². The van der Waals surface area contributed by atoms with Crippen molar-refractivity contribution in [1.29, 1.82) is 0 Å². The van der Waals surface area contributed by atoms with Crippen LogP contribution < -0.4 is 11.1 Å². The number of ketones is 1. The normalized spacial score (nSPS) is 10.1. The molecule has 2 aromatic rings. The van der Waals surface area contributed by atoms with Crippen LogP contribution >= 0.6 is 0 Å². The average Bonchev–Trinajstić information content (AvgIpc) is 2.41. The van der Waals surface area contributed by atoms with Gasteiger partial charge in [-0.1, -0.05) is 24.3 Å². The van der Waals surface area contributed by atoms with Crippen LogP contribution in [0.5, 0.6) is 0 Å². The highest BCUT2D eigenvalue weighted by Gasteiger charge is 2.08. The molecule has 2 rings (SSSR count). The predicted molar refractivity (Wildman–Crippen MR) is 79.6 cm³/mol. The van der Waals surface area contributed by atoms with Gasteiger partial charge in [0.2, 0.25) is 0 Å². The zero-order chi connectivity index (χ0) is 14.5. The van der Waals surface area contributed by atoms with Crippen LogP contribution in [0.15, 0.2) is 48.5 Å². The second kappa shape index (κ2) is 6.02. The largest absolute Gasteiger partial charge is 0.397 e. The van der Waals surface area contributed by atoms with Crippen LogP contribution in [0.3, 0.4) is 0 Å². The van der Waals surface area contributed by atoms with Gasteiger partial charge in [0.15, 0.2) is 0 Å². The van der Waals surface area contributed by atoms with Crippen molar-refractivity contribution in [2.75, 3.05) is 11.1 Å². The number of carbonyl (C=O) groups excluding carboxylic acids is 2. The van der Waals surface area contributed by atoms with Crippen LogP contribution in [-0.2, 0) is 11.2 Å². The van der Waals surface area contributed by atoms with Crippen LogP contribution in [0, 0.1) is 0 Å². The van der Waals surface area contributed by atoms with E-state index in [1.54, 1.807) is 43.3 Å². The first-order chi connectivity index (χ1) is 9.56. The van der Waals surface area contributed by atoms with Gasteiger partial charge in [-0.25, -0.2) is 0 Å². The fourth-order valence-electron chi connectivity index (χ4n) is 1.87. The third-order valence-electron chi connectivity index (χ3n) is 2.88. The van der Waals surface area contributed by atoms with Crippen LogP contribution in [0.1, 0.15) is 22.8 Å². The molecule has 0 aliphatic rings. The Balaban J connectivity index is 2.10. The number of hydrogen-bond acceptors (Lipinski definition) is 3. The minimum Gasteiger partial charge on any atom is -0.397 e. The Kier molecular flexibility index (Phi) is 4.15. The number of nitrogen functional groups attached to an aromatic ring is 1. The summed E-state index contributed by atoms with van der Waals surface area (Å²) in [6.07, 6.45) is 0.382. The molecule has 2 aromatic carbocycles. The maximum absolute atomic E-state index is 12.1. The van der Waals surface area contributed by atoms with Crippen LogP contribution in [0.25, 0.3) is 0 Å². The summed E-state index contributed by atoms with van der Waals surface area (Å²) in [5, 5.41) is 2.76. The molecule has 0 unspecified atom stereocenters. The van der Waals surface area contributed by atoms with Gasteiger partial charge in [0.05, 0.1) is 11.4 Å². The van der Waals surface area contributed by atoms with Crippen LogP contribution in [0.4, 0.5) is 11.4 Å². The molecule has 0 radical (unpaired) electrons. The number of amides is 1. The van der Waals surface area contributed by atoms with E-state index in [2.05, 4.69) is 5.32 Å². The molecule has 0 atom stereocenters. The Morgan fingerprint density at radius 1 is 1.05 bits per heavy atom. The van der Waals surface area contributed by atoms with E-state index in [1.165, 1.54) is 0 Å². The van der Waals surface area contributed by atoms with Gasteiger partial charge in [-0.15, -0.1) is 0 Å². The quantitative estimate of drug-likeness (QED) is 0.837. The van der Waals surface area contributed by atoms with Crippen molar-refractivity contribution < 1.29 is 9.59 Å². The first-order valence-corrected chi connectivity index (χ1v) is 6.30. The summed E-state index contributed by atoms with van der Waals surface area (Å²) in [4.78, 5) is 23.1. The van der Waals surface area contributed by atoms with Crippen molar-refractivity contribution in [3.05, 3.63) is 59.7 Å². The van der Waals surface area contributed by atoms with Crippen LogP contribution in [-0.4, -0.2) is 11.7 Å². The molecule has 0 fully saturated rings. The minimum absolute atomic E-state index is 0.0965. The summed E-state index contributed by atoms with van der Waals surface area (Å²) < 4.78 is 0. The Morgan fingerprint density at radius 2 is 1.70 bits per heavy atom. The minimum atomic E-state index is -0.225. The lowest BCUT2D eigenvalue weighted by atomic mass is 10.1. The number of Topliss-reactive ketones (excluding diaryl/α,β-unsaturated/α-hetero) is 1. The molecule has 0 aliphatic heterocycles. The van der Waals surface area contributed by atoms with Crippen molar-refractivity contribution in [2.24, 2.45) is 0 Å². The number of nitrogens with two attached hydrogens (primary N) is 1. The topological polar surface area (TPSA) is 72.2 Å². The highest BCUT2D eigenvalue weighted by molar-refractivity contribution is 6.05. The van der Waals surface area contributed by atoms with Crippen molar-refractivity contribution in [1.82, 2.24) is 0 Å². The average molecular weight is 268 g/mol. The highest BCUT2D eigenvalue weighted by atomic mass is 16.1. The summed E-state index contributed by atoms with van der Waals surface area (Å²) in [5.74, 6) is -0.128. The molecule has 0 spiro atoms. The van der Waals surface area contributed by atoms with E-state index < -0.39 is 0 Å². The van der Waals surface area contributed by atoms with Crippen molar-refractivity contribution in [3.63, 3.8) is 0 Å². The number of nitrogens with one attached hydrogen (secondary N) is 1. The summed E-state index contributed by atoms with van der Waals surface area (Å²) in [6, 6.07) is 14.1. The highest BCUT2D eigenvalue weighted by Crippen LogP contribution is 2.18.